The maximum atomic E-state index is 12.1. The molecule has 1 aromatic carbocycles. The van der Waals surface area contributed by atoms with Crippen LogP contribution in [0.5, 0.6) is 0 Å². The van der Waals surface area contributed by atoms with Crippen LogP contribution >= 0.6 is 11.8 Å². The number of para-hydroxylation sites is 1. The minimum atomic E-state index is -4.47. The number of rotatable bonds is 7. The molecule has 4 nitrogen and oxygen atoms in total. The van der Waals surface area contributed by atoms with E-state index in [9.17, 15) is 18.0 Å². The number of carbonyl (C=O) groups excluding carboxylic acids is 1. The molecule has 0 fully saturated rings. The zero-order valence-corrected chi connectivity index (χ0v) is 12.6. The number of nitrogens with zero attached hydrogens (tertiary/aromatic N) is 1. The van der Waals surface area contributed by atoms with Crippen LogP contribution in [0, 0.1) is 11.3 Å². The van der Waals surface area contributed by atoms with E-state index in [4.69, 9.17) is 5.26 Å². The third-order valence-electron chi connectivity index (χ3n) is 2.48. The summed E-state index contributed by atoms with van der Waals surface area (Å²) in [5.41, 5.74) is 0.484. The number of thioether (sulfide) groups is 1. The first-order chi connectivity index (χ1) is 10.3. The van der Waals surface area contributed by atoms with Crippen LogP contribution in [-0.4, -0.2) is 30.5 Å². The van der Waals surface area contributed by atoms with E-state index in [1.54, 1.807) is 24.3 Å². The van der Waals surface area contributed by atoms with E-state index in [-0.39, 0.29) is 0 Å². The summed E-state index contributed by atoms with van der Waals surface area (Å²) in [6.07, 6.45) is -5.34. The highest BCUT2D eigenvalue weighted by atomic mass is 32.2. The predicted octanol–water partition coefficient (Wildman–Crippen LogP) is 3.60. The highest BCUT2D eigenvalue weighted by Crippen LogP contribution is 2.27. The smallest absolute Gasteiger partial charge is 0.359 e. The second-order valence-corrected chi connectivity index (χ2v) is 5.45. The molecule has 0 aliphatic heterocycles. The Bertz CT molecular complexity index is 544. The van der Waals surface area contributed by atoms with Crippen LogP contribution in [-0.2, 0) is 9.53 Å². The third-order valence-corrected chi connectivity index (χ3v) is 3.56. The normalized spacial score (nSPS) is 12.5. The lowest BCUT2D eigenvalue weighted by atomic mass is 10.3. The van der Waals surface area contributed by atoms with Crippen molar-refractivity contribution in [3.63, 3.8) is 0 Å². The number of ether oxygens (including phenoxy) is 1. The molecule has 0 saturated heterocycles. The SMILES string of the molecule is C[C@@H](OCC(F)(F)F)C(=O)Nc1ccccc1SCCC#N. The molecule has 1 atom stereocenters. The summed E-state index contributed by atoms with van der Waals surface area (Å²) in [5.74, 6) is -0.0960. The molecule has 22 heavy (non-hydrogen) atoms. The molecule has 0 bridgehead atoms. The van der Waals surface area contributed by atoms with Gasteiger partial charge in [0.1, 0.15) is 12.7 Å². The van der Waals surface area contributed by atoms with Crippen LogP contribution in [0.1, 0.15) is 13.3 Å². The van der Waals surface area contributed by atoms with Gasteiger partial charge in [-0.15, -0.1) is 11.8 Å². The van der Waals surface area contributed by atoms with Gasteiger partial charge in [0, 0.05) is 17.1 Å². The molecule has 1 amide bonds. The Balaban J connectivity index is 2.62. The summed E-state index contributed by atoms with van der Waals surface area (Å²) in [6.45, 7) is -0.216. The van der Waals surface area contributed by atoms with E-state index in [1.165, 1.54) is 18.7 Å². The van der Waals surface area contributed by atoms with E-state index in [0.717, 1.165) is 4.90 Å². The van der Waals surface area contributed by atoms with Crippen molar-refractivity contribution < 1.29 is 22.7 Å². The lowest BCUT2D eigenvalue weighted by Gasteiger charge is -2.16. The largest absolute Gasteiger partial charge is 0.411 e. The summed E-state index contributed by atoms with van der Waals surface area (Å²) in [6, 6.07) is 8.89. The first-order valence-electron chi connectivity index (χ1n) is 6.41. The highest BCUT2D eigenvalue weighted by molar-refractivity contribution is 7.99. The molecule has 120 valence electrons. The monoisotopic (exact) mass is 332 g/mol. The highest BCUT2D eigenvalue weighted by Gasteiger charge is 2.30. The van der Waals surface area contributed by atoms with Gasteiger partial charge in [-0.3, -0.25) is 4.79 Å². The molecule has 0 aromatic heterocycles. The molecule has 0 aliphatic carbocycles. The van der Waals surface area contributed by atoms with Crippen molar-refractivity contribution in [1.82, 2.24) is 0 Å². The van der Waals surface area contributed by atoms with Crippen molar-refractivity contribution in [1.29, 1.82) is 5.26 Å². The molecular weight excluding hydrogens is 317 g/mol. The van der Waals surface area contributed by atoms with E-state index < -0.39 is 24.8 Å². The van der Waals surface area contributed by atoms with Crippen LogP contribution in [0.2, 0.25) is 0 Å². The molecule has 1 N–H and O–H groups in total. The van der Waals surface area contributed by atoms with Gasteiger partial charge in [-0.25, -0.2) is 0 Å². The number of hydrogen-bond donors (Lipinski definition) is 1. The number of alkyl halides is 3. The average molecular weight is 332 g/mol. The first-order valence-corrected chi connectivity index (χ1v) is 7.40. The lowest BCUT2D eigenvalue weighted by Crippen LogP contribution is -2.31. The fourth-order valence-electron chi connectivity index (χ4n) is 1.43. The van der Waals surface area contributed by atoms with Gasteiger partial charge in [0.2, 0.25) is 0 Å². The van der Waals surface area contributed by atoms with Crippen LogP contribution in [0.3, 0.4) is 0 Å². The number of carbonyl (C=O) groups is 1. The molecule has 1 aromatic rings. The van der Waals surface area contributed by atoms with Crippen LogP contribution in [0.4, 0.5) is 18.9 Å². The number of hydrogen-bond acceptors (Lipinski definition) is 4. The Morgan fingerprint density at radius 1 is 1.45 bits per heavy atom. The summed E-state index contributed by atoms with van der Waals surface area (Å²) in [7, 11) is 0. The van der Waals surface area contributed by atoms with Crippen molar-refractivity contribution in [2.75, 3.05) is 17.7 Å². The zero-order chi connectivity index (χ0) is 16.6. The second kappa shape index (κ2) is 8.66. The van der Waals surface area contributed by atoms with E-state index >= 15 is 0 Å². The van der Waals surface area contributed by atoms with Crippen molar-refractivity contribution >= 4 is 23.4 Å². The molecule has 0 radical (unpaired) electrons. The number of amides is 1. The number of benzene rings is 1. The standard InChI is InChI=1S/C14H15F3N2O2S/c1-10(21-9-14(15,16)17)13(20)19-11-5-2-3-6-12(11)22-8-4-7-18/h2-3,5-6,10H,4,8-9H2,1H3,(H,19,20)/t10-/m1/s1. The number of halogens is 3. The van der Waals surface area contributed by atoms with Gasteiger partial charge in [0.25, 0.3) is 5.91 Å². The molecule has 0 spiro atoms. The molecule has 1 rings (SSSR count). The number of nitriles is 1. The molecule has 8 heteroatoms. The topological polar surface area (TPSA) is 62.1 Å². The minimum absolute atomic E-state index is 0.359. The van der Waals surface area contributed by atoms with E-state index in [1.807, 2.05) is 6.07 Å². The lowest BCUT2D eigenvalue weighted by molar-refractivity contribution is -0.184. The summed E-state index contributed by atoms with van der Waals surface area (Å²) < 4.78 is 40.7. The number of anilines is 1. The van der Waals surface area contributed by atoms with Gasteiger partial charge in [-0.1, -0.05) is 12.1 Å². The van der Waals surface area contributed by atoms with Gasteiger partial charge in [0.05, 0.1) is 11.8 Å². The van der Waals surface area contributed by atoms with Crippen LogP contribution < -0.4 is 5.32 Å². The van der Waals surface area contributed by atoms with E-state index in [0.29, 0.717) is 17.9 Å². The second-order valence-electron chi connectivity index (χ2n) is 4.31. The predicted molar refractivity (Wildman–Crippen MR) is 77.5 cm³/mol. The zero-order valence-electron chi connectivity index (χ0n) is 11.8. The average Bonchev–Trinajstić information content (AvgIpc) is 2.46. The van der Waals surface area contributed by atoms with Crippen molar-refractivity contribution in [2.24, 2.45) is 0 Å². The fourth-order valence-corrected chi connectivity index (χ4v) is 2.29. The van der Waals surface area contributed by atoms with E-state index in [2.05, 4.69) is 10.1 Å². The van der Waals surface area contributed by atoms with Crippen molar-refractivity contribution in [2.45, 2.75) is 30.5 Å². The van der Waals surface area contributed by atoms with Crippen LogP contribution in [0.15, 0.2) is 29.2 Å². The quantitative estimate of drug-likeness (QED) is 0.612. The third kappa shape index (κ3) is 6.83. The van der Waals surface area contributed by atoms with Gasteiger partial charge < -0.3 is 10.1 Å². The number of nitrogens with one attached hydrogen (secondary N) is 1. The van der Waals surface area contributed by atoms with Gasteiger partial charge in [-0.2, -0.15) is 18.4 Å². The minimum Gasteiger partial charge on any atom is -0.359 e. The molecular formula is C14H15F3N2O2S. The Kier molecular flexibility index (Phi) is 7.21. The summed E-state index contributed by atoms with van der Waals surface area (Å²) >= 11 is 1.38. The van der Waals surface area contributed by atoms with Crippen LogP contribution in [0.25, 0.3) is 0 Å². The Labute approximate surface area is 130 Å². The fraction of sp³-hybridized carbons (Fsp3) is 0.429. The van der Waals surface area contributed by atoms with Gasteiger partial charge in [0.15, 0.2) is 0 Å². The first kappa shape index (κ1) is 18.3. The summed E-state index contributed by atoms with van der Waals surface area (Å²) in [5, 5.41) is 11.1. The maximum absolute atomic E-state index is 12.1. The maximum Gasteiger partial charge on any atom is 0.411 e. The summed E-state index contributed by atoms with van der Waals surface area (Å²) in [4.78, 5) is 12.6. The molecule has 0 heterocycles. The van der Waals surface area contributed by atoms with Gasteiger partial charge in [-0.05, 0) is 19.1 Å². The molecule has 0 saturated carbocycles. The molecule has 0 aliphatic rings. The molecule has 0 unspecified atom stereocenters. The Morgan fingerprint density at radius 2 is 2.14 bits per heavy atom. The Morgan fingerprint density at radius 3 is 2.77 bits per heavy atom. The Hall–Kier alpha value is -1.72. The van der Waals surface area contributed by atoms with Crippen molar-refractivity contribution in [3.05, 3.63) is 24.3 Å². The van der Waals surface area contributed by atoms with Gasteiger partial charge >= 0.3 is 6.18 Å². The van der Waals surface area contributed by atoms with Crippen molar-refractivity contribution in [3.8, 4) is 6.07 Å².